The van der Waals surface area contributed by atoms with Crippen molar-refractivity contribution in [2.24, 2.45) is 0 Å². The number of fused-ring (bicyclic) bond motifs is 1. The van der Waals surface area contributed by atoms with Gasteiger partial charge in [-0.3, -0.25) is 4.79 Å². The van der Waals surface area contributed by atoms with Crippen LogP contribution in [-0.4, -0.2) is 54.4 Å². The SMILES string of the molecule is COCCCNC(=O)c1cn(-c2ccc3c(c2)OCCO3)nn1. The summed E-state index contributed by atoms with van der Waals surface area (Å²) in [7, 11) is 1.63. The average Bonchev–Trinajstić information content (AvgIpc) is 3.08. The van der Waals surface area contributed by atoms with Crippen LogP contribution in [-0.2, 0) is 4.74 Å². The van der Waals surface area contributed by atoms with Crippen LogP contribution in [0.4, 0.5) is 0 Å². The quantitative estimate of drug-likeness (QED) is 0.793. The molecule has 8 heteroatoms. The van der Waals surface area contributed by atoms with Gasteiger partial charge < -0.3 is 19.5 Å². The first kappa shape index (κ1) is 15.3. The molecular formula is C15H18N4O4. The van der Waals surface area contributed by atoms with Crippen molar-refractivity contribution in [2.45, 2.75) is 6.42 Å². The predicted octanol–water partition coefficient (Wildman–Crippen LogP) is 0.805. The van der Waals surface area contributed by atoms with Crippen LogP contribution in [0.15, 0.2) is 24.4 Å². The van der Waals surface area contributed by atoms with E-state index in [1.807, 2.05) is 18.2 Å². The summed E-state index contributed by atoms with van der Waals surface area (Å²) in [6.07, 6.45) is 2.33. The van der Waals surface area contributed by atoms with Gasteiger partial charge in [0.05, 0.1) is 11.9 Å². The lowest BCUT2D eigenvalue weighted by molar-refractivity contribution is 0.0943. The second-order valence-corrected chi connectivity index (χ2v) is 4.98. The number of carbonyl (C=O) groups is 1. The summed E-state index contributed by atoms with van der Waals surface area (Å²) < 4.78 is 17.5. The molecule has 1 aliphatic rings. The minimum absolute atomic E-state index is 0.259. The summed E-state index contributed by atoms with van der Waals surface area (Å²) in [6, 6.07) is 5.46. The van der Waals surface area contributed by atoms with Gasteiger partial charge in [-0.2, -0.15) is 0 Å². The Morgan fingerprint density at radius 1 is 1.35 bits per heavy atom. The van der Waals surface area contributed by atoms with Gasteiger partial charge in [-0.05, 0) is 18.6 Å². The highest BCUT2D eigenvalue weighted by Crippen LogP contribution is 2.31. The molecule has 1 amide bonds. The zero-order valence-electron chi connectivity index (χ0n) is 12.8. The zero-order chi connectivity index (χ0) is 16.1. The molecule has 0 radical (unpaired) electrons. The first-order valence-corrected chi connectivity index (χ1v) is 7.37. The number of carbonyl (C=O) groups excluding carboxylic acids is 1. The Morgan fingerprint density at radius 2 is 2.17 bits per heavy atom. The Labute approximate surface area is 133 Å². The smallest absolute Gasteiger partial charge is 0.273 e. The number of amides is 1. The Balaban J connectivity index is 1.68. The molecule has 0 saturated carbocycles. The van der Waals surface area contributed by atoms with Crippen molar-refractivity contribution in [3.05, 3.63) is 30.1 Å². The fourth-order valence-electron chi connectivity index (χ4n) is 2.18. The highest BCUT2D eigenvalue weighted by molar-refractivity contribution is 5.91. The van der Waals surface area contributed by atoms with Crippen molar-refractivity contribution in [2.75, 3.05) is 33.5 Å². The largest absolute Gasteiger partial charge is 0.486 e. The second-order valence-electron chi connectivity index (χ2n) is 4.98. The average molecular weight is 318 g/mol. The third-order valence-corrected chi connectivity index (χ3v) is 3.33. The lowest BCUT2D eigenvalue weighted by Gasteiger charge is -2.18. The molecule has 0 unspecified atom stereocenters. The van der Waals surface area contributed by atoms with E-state index in [1.54, 1.807) is 13.3 Å². The van der Waals surface area contributed by atoms with Crippen LogP contribution in [0.1, 0.15) is 16.9 Å². The molecule has 122 valence electrons. The monoisotopic (exact) mass is 318 g/mol. The summed E-state index contributed by atoms with van der Waals surface area (Å²) in [5, 5.41) is 10.7. The van der Waals surface area contributed by atoms with Crippen molar-refractivity contribution in [3.63, 3.8) is 0 Å². The summed E-state index contributed by atoms with van der Waals surface area (Å²) in [6.45, 7) is 2.19. The maximum atomic E-state index is 12.0. The van der Waals surface area contributed by atoms with Crippen LogP contribution in [0.25, 0.3) is 5.69 Å². The van der Waals surface area contributed by atoms with Crippen molar-refractivity contribution >= 4 is 5.91 Å². The molecule has 2 heterocycles. The predicted molar refractivity (Wildman–Crippen MR) is 81.2 cm³/mol. The topological polar surface area (TPSA) is 87.5 Å². The third-order valence-electron chi connectivity index (χ3n) is 3.33. The second kappa shape index (κ2) is 7.10. The van der Waals surface area contributed by atoms with E-state index in [4.69, 9.17) is 14.2 Å². The fraction of sp³-hybridized carbons (Fsp3) is 0.400. The Bertz CT molecular complexity index is 686. The van der Waals surface area contributed by atoms with Crippen LogP contribution in [0, 0.1) is 0 Å². The highest BCUT2D eigenvalue weighted by Gasteiger charge is 2.15. The molecule has 0 bridgehead atoms. The number of ether oxygens (including phenoxy) is 3. The maximum Gasteiger partial charge on any atom is 0.273 e. The van der Waals surface area contributed by atoms with Gasteiger partial charge in [-0.25, -0.2) is 4.68 Å². The van der Waals surface area contributed by atoms with Crippen molar-refractivity contribution < 1.29 is 19.0 Å². The molecule has 0 spiro atoms. The van der Waals surface area contributed by atoms with Crippen LogP contribution >= 0.6 is 0 Å². The number of nitrogens with zero attached hydrogens (tertiary/aromatic N) is 3. The Hall–Kier alpha value is -2.61. The van der Waals surface area contributed by atoms with E-state index in [1.165, 1.54) is 4.68 Å². The van der Waals surface area contributed by atoms with Gasteiger partial charge in [0.15, 0.2) is 17.2 Å². The van der Waals surface area contributed by atoms with Crippen molar-refractivity contribution in [1.82, 2.24) is 20.3 Å². The van der Waals surface area contributed by atoms with Gasteiger partial charge in [-0.1, -0.05) is 5.21 Å². The van der Waals surface area contributed by atoms with Crippen LogP contribution in [0.2, 0.25) is 0 Å². The van der Waals surface area contributed by atoms with Crippen molar-refractivity contribution in [1.29, 1.82) is 0 Å². The van der Waals surface area contributed by atoms with Gasteiger partial charge in [0.25, 0.3) is 5.91 Å². The molecule has 2 aromatic rings. The van der Waals surface area contributed by atoms with E-state index in [9.17, 15) is 4.79 Å². The number of rotatable bonds is 6. The molecule has 0 saturated heterocycles. The van der Waals surface area contributed by atoms with Crippen LogP contribution in [0.3, 0.4) is 0 Å². The number of nitrogens with one attached hydrogen (secondary N) is 1. The maximum absolute atomic E-state index is 12.0. The molecule has 0 fully saturated rings. The molecular weight excluding hydrogens is 300 g/mol. The molecule has 0 atom stereocenters. The van der Waals surface area contributed by atoms with Gasteiger partial charge in [0, 0.05) is 26.3 Å². The summed E-state index contributed by atoms with van der Waals surface area (Å²) >= 11 is 0. The number of aromatic nitrogens is 3. The van der Waals surface area contributed by atoms with E-state index in [-0.39, 0.29) is 11.6 Å². The van der Waals surface area contributed by atoms with E-state index >= 15 is 0 Å². The molecule has 23 heavy (non-hydrogen) atoms. The minimum Gasteiger partial charge on any atom is -0.486 e. The first-order valence-electron chi connectivity index (χ1n) is 7.37. The van der Waals surface area contributed by atoms with Crippen LogP contribution < -0.4 is 14.8 Å². The fourth-order valence-corrected chi connectivity index (χ4v) is 2.18. The first-order chi connectivity index (χ1) is 11.3. The van der Waals surface area contributed by atoms with Crippen LogP contribution in [0.5, 0.6) is 11.5 Å². The van der Waals surface area contributed by atoms with E-state index in [0.29, 0.717) is 37.9 Å². The van der Waals surface area contributed by atoms with Gasteiger partial charge in [-0.15, -0.1) is 5.10 Å². The molecule has 8 nitrogen and oxygen atoms in total. The minimum atomic E-state index is -0.259. The standard InChI is InChI=1S/C15H18N4O4/c1-21-6-2-5-16-15(20)12-10-19(18-17-12)11-3-4-13-14(9-11)23-8-7-22-13/h3-4,9-10H,2,5-8H2,1H3,(H,16,20). The summed E-state index contributed by atoms with van der Waals surface area (Å²) in [4.78, 5) is 12.0. The van der Waals surface area contributed by atoms with Gasteiger partial charge in [0.2, 0.25) is 0 Å². The number of benzene rings is 1. The molecule has 3 rings (SSSR count). The van der Waals surface area contributed by atoms with Crippen molar-refractivity contribution in [3.8, 4) is 17.2 Å². The molecule has 1 aliphatic heterocycles. The normalized spacial score (nSPS) is 12.9. The number of methoxy groups -OCH3 is 1. The van der Waals surface area contributed by atoms with E-state index in [2.05, 4.69) is 15.6 Å². The van der Waals surface area contributed by atoms with E-state index in [0.717, 1.165) is 12.1 Å². The van der Waals surface area contributed by atoms with E-state index < -0.39 is 0 Å². The third kappa shape index (κ3) is 3.59. The molecule has 1 N–H and O–H groups in total. The lowest BCUT2D eigenvalue weighted by atomic mass is 10.2. The Morgan fingerprint density at radius 3 is 3.00 bits per heavy atom. The molecule has 1 aromatic carbocycles. The molecule has 0 aliphatic carbocycles. The zero-order valence-corrected chi connectivity index (χ0v) is 12.8. The summed E-state index contributed by atoms with van der Waals surface area (Å²) in [5.74, 6) is 1.11. The lowest BCUT2D eigenvalue weighted by Crippen LogP contribution is -2.25. The van der Waals surface area contributed by atoms with Gasteiger partial charge in [0.1, 0.15) is 13.2 Å². The highest BCUT2D eigenvalue weighted by atomic mass is 16.6. The van der Waals surface area contributed by atoms with Gasteiger partial charge >= 0.3 is 0 Å². The number of hydrogen-bond donors (Lipinski definition) is 1. The Kier molecular flexibility index (Phi) is 4.72. The molecule has 1 aromatic heterocycles. The number of hydrogen-bond acceptors (Lipinski definition) is 6. The summed E-state index contributed by atoms with van der Waals surface area (Å²) in [5.41, 5.74) is 1.01.